The molecule has 6 aromatic heterocycles. The van der Waals surface area contributed by atoms with Gasteiger partial charge in [-0.25, -0.2) is 0 Å². The minimum Gasteiger partial charge on any atom is -0.339 e. The minimum absolute atomic E-state index is 0.725. The number of hydrogen-bond acceptors (Lipinski definition) is 5. The first-order valence-corrected chi connectivity index (χ1v) is 18.5. The molecule has 7 heteroatoms. The smallest absolute Gasteiger partial charge is 0.160 e. The zero-order chi connectivity index (χ0) is 28.1. The molecule has 0 amide bonds. The highest BCUT2D eigenvalue weighted by molar-refractivity contribution is 7.27. The molecular weight excluding hydrogens is 569 g/mol. The van der Waals surface area contributed by atoms with Crippen LogP contribution in [0, 0.1) is 11.8 Å². The van der Waals surface area contributed by atoms with E-state index in [0.717, 1.165) is 29.5 Å². The number of fused-ring (bicyclic) bond motifs is 6. The zero-order valence-electron chi connectivity index (χ0n) is 24.3. The number of thiophene rings is 4. The molecule has 214 valence electrons. The fourth-order valence-electron chi connectivity index (χ4n) is 5.88. The summed E-state index contributed by atoms with van der Waals surface area (Å²) in [7, 11) is 0. The molecule has 2 atom stereocenters. The number of carbonyl (C=O) groups is 1. The van der Waals surface area contributed by atoms with Gasteiger partial charge in [-0.05, 0) is 65.1 Å². The summed E-state index contributed by atoms with van der Waals surface area (Å²) in [5.41, 5.74) is 5.48. The molecule has 6 aromatic rings. The summed E-state index contributed by atoms with van der Waals surface area (Å²) in [4.78, 5) is 11.9. The standard InChI is InChI=1S/C17H21NOS2.C16H21NS2/c1-3-5-6-12(4-2)10-18-14-7-8-20-16(14)17-15(18)9-13(11-19)21-17;1-3-5-6-12(4-2)11-17-13-7-9-18-15(13)16-14(17)8-10-19-16/h7-9,11-12H,3-6,10H2,1-2H3;7-10,12H,3-6,11H2,1-2H3. The van der Waals surface area contributed by atoms with E-state index in [1.165, 1.54) is 98.8 Å². The highest BCUT2D eigenvalue weighted by atomic mass is 32.1. The Hall–Kier alpha value is -1.93. The third-order valence-corrected chi connectivity index (χ3v) is 12.4. The molecule has 2 unspecified atom stereocenters. The monoisotopic (exact) mass is 610 g/mol. The maximum absolute atomic E-state index is 11.1. The SMILES string of the molecule is CCCCC(CC)Cn1c2ccsc2c2sc(C=O)cc21.CCCCC(CC)Cn1c2ccsc2c2sccc21. The van der Waals surface area contributed by atoms with Crippen LogP contribution in [0.2, 0.25) is 0 Å². The van der Waals surface area contributed by atoms with Gasteiger partial charge in [0.05, 0.1) is 45.7 Å². The molecule has 0 aliphatic heterocycles. The quantitative estimate of drug-likeness (QED) is 0.119. The first kappa shape index (κ1) is 29.6. The van der Waals surface area contributed by atoms with Crippen molar-refractivity contribution in [2.24, 2.45) is 11.8 Å². The molecule has 6 heterocycles. The zero-order valence-corrected chi connectivity index (χ0v) is 27.5. The molecule has 0 bridgehead atoms. The average Bonchev–Trinajstić information content (AvgIpc) is 3.80. The lowest BCUT2D eigenvalue weighted by atomic mass is 9.99. The van der Waals surface area contributed by atoms with Gasteiger partial charge >= 0.3 is 0 Å². The van der Waals surface area contributed by atoms with Gasteiger partial charge in [-0.1, -0.05) is 66.2 Å². The first-order valence-electron chi connectivity index (χ1n) is 15.0. The third kappa shape index (κ3) is 5.99. The van der Waals surface area contributed by atoms with Crippen LogP contribution in [0.5, 0.6) is 0 Å². The molecule has 0 aromatic carbocycles. The van der Waals surface area contributed by atoms with Crippen molar-refractivity contribution in [2.75, 3.05) is 0 Å². The van der Waals surface area contributed by atoms with Crippen LogP contribution in [0.25, 0.3) is 40.9 Å². The fraction of sp³-hybridized carbons (Fsp3) is 0.485. The summed E-state index contributed by atoms with van der Waals surface area (Å²) in [6.45, 7) is 11.4. The van der Waals surface area contributed by atoms with Gasteiger partial charge in [-0.2, -0.15) is 0 Å². The van der Waals surface area contributed by atoms with Crippen molar-refractivity contribution in [3.63, 3.8) is 0 Å². The summed E-state index contributed by atoms with van der Waals surface area (Å²) in [6, 6.07) is 8.87. The van der Waals surface area contributed by atoms with Crippen molar-refractivity contribution in [1.82, 2.24) is 9.13 Å². The summed E-state index contributed by atoms with van der Waals surface area (Å²) in [5, 5.41) is 6.62. The number of hydrogen-bond donors (Lipinski definition) is 0. The third-order valence-electron chi connectivity index (χ3n) is 8.32. The van der Waals surface area contributed by atoms with Gasteiger partial charge in [0.2, 0.25) is 0 Å². The van der Waals surface area contributed by atoms with Crippen LogP contribution in [0.1, 0.15) is 88.7 Å². The first-order chi connectivity index (χ1) is 19.6. The van der Waals surface area contributed by atoms with Crippen LogP contribution in [-0.2, 0) is 13.1 Å². The second-order valence-corrected chi connectivity index (χ2v) is 14.8. The number of aldehydes is 1. The van der Waals surface area contributed by atoms with Gasteiger partial charge in [-0.15, -0.1) is 45.3 Å². The van der Waals surface area contributed by atoms with E-state index >= 15 is 0 Å². The van der Waals surface area contributed by atoms with E-state index in [2.05, 4.69) is 77.2 Å². The predicted molar refractivity (Wildman–Crippen MR) is 182 cm³/mol. The molecule has 0 saturated carbocycles. The average molecular weight is 611 g/mol. The van der Waals surface area contributed by atoms with Crippen molar-refractivity contribution < 1.29 is 4.79 Å². The second kappa shape index (κ2) is 13.8. The van der Waals surface area contributed by atoms with Gasteiger partial charge < -0.3 is 9.13 Å². The number of rotatable bonds is 13. The van der Waals surface area contributed by atoms with Crippen molar-refractivity contribution >= 4 is 92.5 Å². The van der Waals surface area contributed by atoms with E-state index in [0.29, 0.717) is 0 Å². The van der Waals surface area contributed by atoms with Crippen molar-refractivity contribution in [3.8, 4) is 0 Å². The van der Waals surface area contributed by atoms with Gasteiger partial charge in [0, 0.05) is 13.1 Å². The fourth-order valence-corrected chi connectivity index (χ4v) is 9.89. The molecule has 3 nitrogen and oxygen atoms in total. The lowest BCUT2D eigenvalue weighted by Crippen LogP contribution is -2.09. The lowest BCUT2D eigenvalue weighted by Gasteiger charge is -2.16. The van der Waals surface area contributed by atoms with Crippen molar-refractivity contribution in [2.45, 2.75) is 92.2 Å². The number of aromatic nitrogens is 2. The Kier molecular flexibility index (Phi) is 10.2. The normalized spacial score (nSPS) is 13.4. The Morgan fingerprint density at radius 1 is 0.675 bits per heavy atom. The van der Waals surface area contributed by atoms with E-state index in [1.54, 1.807) is 22.7 Å². The van der Waals surface area contributed by atoms with Gasteiger partial charge in [-0.3, -0.25) is 4.79 Å². The summed E-state index contributed by atoms with van der Waals surface area (Å²) in [6.07, 6.45) is 11.4. The van der Waals surface area contributed by atoms with E-state index in [-0.39, 0.29) is 0 Å². The predicted octanol–water partition coefficient (Wildman–Crippen LogP) is 12.1. The maximum Gasteiger partial charge on any atom is 0.160 e. The molecule has 0 aliphatic rings. The number of nitrogens with zero attached hydrogens (tertiary/aromatic N) is 2. The van der Waals surface area contributed by atoms with E-state index in [4.69, 9.17) is 0 Å². The highest BCUT2D eigenvalue weighted by Gasteiger charge is 2.18. The lowest BCUT2D eigenvalue weighted by molar-refractivity contribution is 0.112. The van der Waals surface area contributed by atoms with Crippen LogP contribution in [0.3, 0.4) is 0 Å². The van der Waals surface area contributed by atoms with Crippen molar-refractivity contribution in [3.05, 3.63) is 45.3 Å². The molecule has 0 spiro atoms. The Bertz CT molecular complexity index is 1610. The van der Waals surface area contributed by atoms with E-state index < -0.39 is 0 Å². The number of carbonyl (C=O) groups excluding carboxylic acids is 1. The van der Waals surface area contributed by atoms with Gasteiger partial charge in [0.25, 0.3) is 0 Å². The Morgan fingerprint density at radius 2 is 1.12 bits per heavy atom. The van der Waals surface area contributed by atoms with Crippen LogP contribution >= 0.6 is 45.3 Å². The Labute approximate surface area is 254 Å². The van der Waals surface area contributed by atoms with Crippen molar-refractivity contribution in [1.29, 1.82) is 0 Å². The number of unbranched alkanes of at least 4 members (excludes halogenated alkanes) is 2. The minimum atomic E-state index is 0.725. The van der Waals surface area contributed by atoms with E-state index in [1.807, 2.05) is 22.7 Å². The summed E-state index contributed by atoms with van der Waals surface area (Å²) < 4.78 is 10.6. The van der Waals surface area contributed by atoms with Gasteiger partial charge in [0.15, 0.2) is 6.29 Å². The van der Waals surface area contributed by atoms with Crippen LogP contribution in [0.4, 0.5) is 0 Å². The molecular formula is C33H42N2OS4. The molecule has 0 aliphatic carbocycles. The molecule has 0 saturated heterocycles. The van der Waals surface area contributed by atoms with Gasteiger partial charge in [0.1, 0.15) is 0 Å². The topological polar surface area (TPSA) is 26.9 Å². The molecule has 40 heavy (non-hydrogen) atoms. The summed E-state index contributed by atoms with van der Waals surface area (Å²) in [5.74, 6) is 1.54. The second-order valence-electron chi connectivity index (χ2n) is 10.9. The summed E-state index contributed by atoms with van der Waals surface area (Å²) >= 11 is 7.18. The van der Waals surface area contributed by atoms with E-state index in [9.17, 15) is 4.79 Å². The highest BCUT2D eigenvalue weighted by Crippen LogP contribution is 2.39. The Balaban J connectivity index is 0.000000162. The molecule has 0 fully saturated rings. The molecule has 0 N–H and O–H groups in total. The maximum atomic E-state index is 11.1. The van der Waals surface area contributed by atoms with Crippen LogP contribution in [0.15, 0.2) is 40.4 Å². The molecule has 0 radical (unpaired) electrons. The van der Waals surface area contributed by atoms with Crippen LogP contribution < -0.4 is 0 Å². The van der Waals surface area contributed by atoms with Crippen LogP contribution in [-0.4, -0.2) is 15.4 Å². The largest absolute Gasteiger partial charge is 0.339 e. The Morgan fingerprint density at radius 3 is 1.55 bits per heavy atom. The molecule has 6 rings (SSSR count).